The highest BCUT2D eigenvalue weighted by atomic mass is 35.5. The van der Waals surface area contributed by atoms with Gasteiger partial charge in [-0.05, 0) is 49.8 Å². The van der Waals surface area contributed by atoms with Gasteiger partial charge in [-0.1, -0.05) is 24.4 Å². The minimum Gasteiger partial charge on any atom is -0.398 e. The second-order valence-electron chi connectivity index (χ2n) is 6.13. The van der Waals surface area contributed by atoms with E-state index in [1.165, 1.54) is 12.5 Å². The van der Waals surface area contributed by atoms with Gasteiger partial charge >= 0.3 is 0 Å². The van der Waals surface area contributed by atoms with Crippen molar-refractivity contribution in [1.29, 1.82) is 0 Å². The average Bonchev–Trinajstić information content (AvgIpc) is 2.87. The van der Waals surface area contributed by atoms with Gasteiger partial charge in [-0.3, -0.25) is 0 Å². The van der Waals surface area contributed by atoms with Crippen molar-refractivity contribution in [2.75, 3.05) is 12.3 Å². The molecule has 0 radical (unpaired) electrons. The molecule has 6 heteroatoms. The number of rotatable bonds is 2. The number of anilines is 1. The minimum atomic E-state index is -3.52. The van der Waals surface area contributed by atoms with Gasteiger partial charge in [0.2, 0.25) is 10.0 Å². The van der Waals surface area contributed by atoms with Crippen molar-refractivity contribution < 1.29 is 8.42 Å². The molecular weight excluding hydrogens is 308 g/mol. The number of nitrogens with two attached hydrogens (primary N) is 1. The monoisotopic (exact) mass is 328 g/mol. The zero-order valence-corrected chi connectivity index (χ0v) is 13.8. The van der Waals surface area contributed by atoms with E-state index in [1.807, 2.05) is 0 Å². The first-order valence-corrected chi connectivity index (χ1v) is 9.30. The van der Waals surface area contributed by atoms with Gasteiger partial charge in [-0.25, -0.2) is 8.42 Å². The predicted molar refractivity (Wildman–Crippen MR) is 84.9 cm³/mol. The lowest BCUT2D eigenvalue weighted by Crippen LogP contribution is -2.39. The molecule has 0 bridgehead atoms. The summed E-state index contributed by atoms with van der Waals surface area (Å²) in [6.07, 6.45) is 5.42. The Bertz CT molecular complexity index is 660. The van der Waals surface area contributed by atoms with Crippen LogP contribution in [0.1, 0.15) is 37.7 Å². The number of hydrogen-bond donors (Lipinski definition) is 1. The van der Waals surface area contributed by atoms with Crippen molar-refractivity contribution in [2.45, 2.75) is 50.0 Å². The van der Waals surface area contributed by atoms with E-state index in [0.29, 0.717) is 28.7 Å². The van der Waals surface area contributed by atoms with Crippen LogP contribution in [0.2, 0.25) is 5.02 Å². The third-order valence-electron chi connectivity index (χ3n) is 4.91. The molecule has 2 unspecified atom stereocenters. The number of sulfonamides is 1. The fourth-order valence-electron chi connectivity index (χ4n) is 3.73. The highest BCUT2D eigenvalue weighted by Gasteiger charge is 2.42. The quantitative estimate of drug-likeness (QED) is 0.848. The van der Waals surface area contributed by atoms with Gasteiger partial charge in [0.1, 0.15) is 0 Å². The molecule has 1 aromatic rings. The summed E-state index contributed by atoms with van der Waals surface area (Å²) < 4.78 is 27.7. The van der Waals surface area contributed by atoms with Gasteiger partial charge in [0.05, 0.1) is 4.90 Å². The van der Waals surface area contributed by atoms with Crippen LogP contribution in [-0.2, 0) is 10.0 Å². The number of nitrogen functional groups attached to an aromatic ring is 1. The summed E-state index contributed by atoms with van der Waals surface area (Å²) in [6.45, 7) is 2.36. The van der Waals surface area contributed by atoms with Crippen LogP contribution >= 0.6 is 11.6 Å². The summed E-state index contributed by atoms with van der Waals surface area (Å²) in [5.74, 6) is 0.519. The lowest BCUT2D eigenvalue weighted by atomic mass is 9.86. The first kappa shape index (κ1) is 15.1. The Kier molecular flexibility index (Phi) is 3.93. The van der Waals surface area contributed by atoms with Crippen LogP contribution in [0, 0.1) is 12.8 Å². The molecule has 1 saturated heterocycles. The first-order valence-electron chi connectivity index (χ1n) is 7.48. The number of nitrogens with zero attached hydrogens (tertiary/aromatic N) is 1. The number of benzene rings is 1. The van der Waals surface area contributed by atoms with Crippen molar-refractivity contribution in [3.8, 4) is 0 Å². The van der Waals surface area contributed by atoms with Crippen molar-refractivity contribution >= 4 is 27.3 Å². The van der Waals surface area contributed by atoms with E-state index in [2.05, 4.69) is 0 Å². The maximum Gasteiger partial charge on any atom is 0.243 e. The zero-order valence-electron chi connectivity index (χ0n) is 12.2. The van der Waals surface area contributed by atoms with Crippen LogP contribution in [0.4, 0.5) is 5.69 Å². The van der Waals surface area contributed by atoms with E-state index < -0.39 is 10.0 Å². The van der Waals surface area contributed by atoms with Gasteiger partial charge in [-0.15, -0.1) is 0 Å². The molecule has 21 heavy (non-hydrogen) atoms. The predicted octanol–water partition coefficient (Wildman–Crippen LogP) is 3.18. The van der Waals surface area contributed by atoms with Crippen LogP contribution in [0.25, 0.3) is 0 Å². The highest BCUT2D eigenvalue weighted by Crippen LogP contribution is 2.40. The van der Waals surface area contributed by atoms with Crippen molar-refractivity contribution in [1.82, 2.24) is 4.31 Å². The Balaban J connectivity index is 2.01. The van der Waals surface area contributed by atoms with Gasteiger partial charge in [0, 0.05) is 23.3 Å². The summed E-state index contributed by atoms with van der Waals surface area (Å²) in [5, 5.41) is 0.371. The van der Waals surface area contributed by atoms with E-state index in [9.17, 15) is 8.42 Å². The van der Waals surface area contributed by atoms with E-state index in [-0.39, 0.29) is 10.9 Å². The third-order valence-corrected chi connectivity index (χ3v) is 7.18. The molecule has 1 heterocycles. The Labute approximate surface area is 131 Å². The molecule has 2 atom stereocenters. The molecule has 0 aromatic heterocycles. The fourth-order valence-corrected chi connectivity index (χ4v) is 6.03. The lowest BCUT2D eigenvalue weighted by molar-refractivity contribution is 0.260. The molecule has 2 N–H and O–H groups in total. The van der Waals surface area contributed by atoms with Gasteiger partial charge in [0.25, 0.3) is 0 Å². The molecule has 4 nitrogen and oxygen atoms in total. The normalized spacial score (nSPS) is 26.8. The standard InChI is InChI=1S/C15H21ClN2O2S/c1-10-13(17)8-12(16)9-15(10)21(19,20)18-7-6-11-4-2-3-5-14(11)18/h8-9,11,14H,2-7,17H2,1H3. The summed E-state index contributed by atoms with van der Waals surface area (Å²) in [6, 6.07) is 3.28. The van der Waals surface area contributed by atoms with Crippen molar-refractivity contribution in [3.63, 3.8) is 0 Å². The van der Waals surface area contributed by atoms with Crippen LogP contribution in [-0.4, -0.2) is 25.3 Å². The van der Waals surface area contributed by atoms with E-state index in [1.54, 1.807) is 17.3 Å². The maximum absolute atomic E-state index is 13.0. The number of hydrogen-bond acceptors (Lipinski definition) is 3. The maximum atomic E-state index is 13.0. The van der Waals surface area contributed by atoms with Crippen LogP contribution < -0.4 is 5.73 Å². The second kappa shape index (κ2) is 5.45. The Morgan fingerprint density at radius 2 is 1.95 bits per heavy atom. The summed E-state index contributed by atoms with van der Waals surface area (Å²) in [7, 11) is -3.52. The lowest BCUT2D eigenvalue weighted by Gasteiger charge is -2.31. The minimum absolute atomic E-state index is 0.156. The molecular formula is C15H21ClN2O2S. The van der Waals surface area contributed by atoms with E-state index in [4.69, 9.17) is 17.3 Å². The topological polar surface area (TPSA) is 63.4 Å². The molecule has 1 aliphatic carbocycles. The number of fused-ring (bicyclic) bond motifs is 1. The molecule has 2 fully saturated rings. The molecule has 116 valence electrons. The SMILES string of the molecule is Cc1c(N)cc(Cl)cc1S(=O)(=O)N1CCC2CCCCC21. The molecule has 1 saturated carbocycles. The molecule has 2 aliphatic rings. The second-order valence-corrected chi connectivity index (χ2v) is 8.43. The Hall–Kier alpha value is -0.780. The Morgan fingerprint density at radius 3 is 2.71 bits per heavy atom. The van der Waals surface area contributed by atoms with Crippen molar-refractivity contribution in [2.24, 2.45) is 5.92 Å². The molecule has 1 aromatic carbocycles. The van der Waals surface area contributed by atoms with E-state index in [0.717, 1.165) is 25.7 Å². The fraction of sp³-hybridized carbons (Fsp3) is 0.600. The largest absolute Gasteiger partial charge is 0.398 e. The van der Waals surface area contributed by atoms with E-state index >= 15 is 0 Å². The van der Waals surface area contributed by atoms with Crippen LogP contribution in [0.5, 0.6) is 0 Å². The van der Waals surface area contributed by atoms with Gasteiger partial charge < -0.3 is 5.73 Å². The van der Waals surface area contributed by atoms with Gasteiger partial charge in [-0.2, -0.15) is 4.31 Å². The summed E-state index contributed by atoms with van der Waals surface area (Å²) in [5.41, 5.74) is 6.91. The van der Waals surface area contributed by atoms with Crippen molar-refractivity contribution in [3.05, 3.63) is 22.7 Å². The van der Waals surface area contributed by atoms with Gasteiger partial charge in [0.15, 0.2) is 0 Å². The molecule has 0 amide bonds. The molecule has 1 aliphatic heterocycles. The average molecular weight is 329 g/mol. The number of halogens is 1. The smallest absolute Gasteiger partial charge is 0.243 e. The first-order chi connectivity index (χ1) is 9.91. The Morgan fingerprint density at radius 1 is 1.24 bits per heavy atom. The third kappa shape index (κ3) is 2.56. The summed E-state index contributed by atoms with van der Waals surface area (Å²) >= 11 is 6.01. The summed E-state index contributed by atoms with van der Waals surface area (Å²) in [4.78, 5) is 0.263. The molecule has 3 rings (SSSR count). The highest BCUT2D eigenvalue weighted by molar-refractivity contribution is 7.89. The van der Waals surface area contributed by atoms with Crippen LogP contribution in [0.15, 0.2) is 17.0 Å². The van der Waals surface area contributed by atoms with Crippen LogP contribution in [0.3, 0.4) is 0 Å². The molecule has 0 spiro atoms. The zero-order chi connectivity index (χ0) is 15.2.